The van der Waals surface area contributed by atoms with Crippen molar-refractivity contribution in [2.75, 3.05) is 6.61 Å². The Kier molecular flexibility index (Phi) is 4.67. The Morgan fingerprint density at radius 3 is 2.66 bits per heavy atom. The quantitative estimate of drug-likeness (QED) is 0.702. The van der Waals surface area contributed by atoms with Gasteiger partial charge in [0.2, 0.25) is 5.78 Å². The van der Waals surface area contributed by atoms with Crippen molar-refractivity contribution in [1.29, 1.82) is 0 Å². The molecule has 0 aromatic heterocycles. The van der Waals surface area contributed by atoms with Gasteiger partial charge in [0.15, 0.2) is 11.4 Å². The molecule has 4 rings (SSSR count). The number of hydrogen-bond donors (Lipinski definition) is 2. The van der Waals surface area contributed by atoms with Crippen LogP contribution in [0.25, 0.3) is 0 Å². The highest BCUT2D eigenvalue weighted by Gasteiger charge is 2.70. The molecule has 7 atom stereocenters. The molecule has 0 saturated heterocycles. The smallest absolute Gasteiger partial charge is 0.303 e. The summed E-state index contributed by atoms with van der Waals surface area (Å²) in [5, 5.41) is 21.0. The van der Waals surface area contributed by atoms with Gasteiger partial charge in [-0.1, -0.05) is 25.5 Å². The van der Waals surface area contributed by atoms with Gasteiger partial charge in [-0.25, -0.2) is 0 Å². The lowest BCUT2D eigenvalue weighted by atomic mass is 9.46. The molecule has 0 unspecified atom stereocenters. The maximum absolute atomic E-state index is 12.9. The van der Waals surface area contributed by atoms with Crippen molar-refractivity contribution in [3.63, 3.8) is 0 Å². The number of carbonyl (C=O) groups is 3. The lowest BCUT2D eigenvalue weighted by molar-refractivity contribution is -0.198. The third-order valence-corrected chi connectivity index (χ3v) is 8.53. The molecule has 3 fully saturated rings. The number of ketones is 2. The Bertz CT molecular complexity index is 827. The summed E-state index contributed by atoms with van der Waals surface area (Å²) in [5.41, 5.74) is -1.43. The van der Waals surface area contributed by atoms with E-state index in [1.165, 1.54) is 6.92 Å². The maximum atomic E-state index is 12.9. The van der Waals surface area contributed by atoms with Gasteiger partial charge in [-0.2, -0.15) is 0 Å². The zero-order valence-electron chi connectivity index (χ0n) is 17.3. The van der Waals surface area contributed by atoms with Crippen molar-refractivity contribution in [3.05, 3.63) is 23.8 Å². The van der Waals surface area contributed by atoms with Gasteiger partial charge in [0.25, 0.3) is 0 Å². The molecule has 0 aromatic carbocycles. The summed E-state index contributed by atoms with van der Waals surface area (Å²) in [5.74, 6) is -0.839. The van der Waals surface area contributed by atoms with E-state index in [0.29, 0.717) is 19.3 Å². The average molecular weight is 402 g/mol. The summed E-state index contributed by atoms with van der Waals surface area (Å²) < 4.78 is 5.67. The minimum absolute atomic E-state index is 0.00523. The second-order valence-electron chi connectivity index (χ2n) is 9.75. The lowest BCUT2D eigenvalue weighted by Gasteiger charge is -2.59. The molecule has 0 amide bonds. The number of hydrogen-bond acceptors (Lipinski definition) is 6. The third kappa shape index (κ3) is 2.65. The van der Waals surface area contributed by atoms with E-state index in [2.05, 4.69) is 6.92 Å². The van der Waals surface area contributed by atoms with Crippen molar-refractivity contribution in [3.8, 4) is 0 Å². The van der Waals surface area contributed by atoms with E-state index in [-0.39, 0.29) is 29.0 Å². The molecular formula is C23H30O6. The molecule has 6 nitrogen and oxygen atoms in total. The molecule has 0 radical (unpaired) electrons. The van der Waals surface area contributed by atoms with E-state index in [4.69, 9.17) is 4.74 Å². The first-order chi connectivity index (χ1) is 13.6. The molecule has 3 saturated carbocycles. The van der Waals surface area contributed by atoms with E-state index in [0.717, 1.165) is 18.4 Å². The van der Waals surface area contributed by atoms with E-state index in [9.17, 15) is 24.6 Å². The van der Waals surface area contributed by atoms with Crippen LogP contribution in [0.4, 0.5) is 0 Å². The number of rotatable bonds is 3. The Morgan fingerprint density at radius 1 is 1.28 bits per heavy atom. The molecule has 6 heteroatoms. The van der Waals surface area contributed by atoms with Gasteiger partial charge in [-0.05, 0) is 56.1 Å². The Labute approximate surface area is 171 Å². The van der Waals surface area contributed by atoms with Gasteiger partial charge in [-0.3, -0.25) is 14.4 Å². The van der Waals surface area contributed by atoms with Crippen LogP contribution in [0.3, 0.4) is 0 Å². The molecule has 0 heterocycles. The second-order valence-corrected chi connectivity index (χ2v) is 9.75. The highest BCUT2D eigenvalue weighted by atomic mass is 16.6. The van der Waals surface area contributed by atoms with Gasteiger partial charge >= 0.3 is 5.97 Å². The Hall–Kier alpha value is -1.79. The number of esters is 1. The first-order valence-electron chi connectivity index (χ1n) is 10.5. The monoisotopic (exact) mass is 402 g/mol. The van der Waals surface area contributed by atoms with Crippen LogP contribution in [-0.4, -0.2) is 46.1 Å². The lowest BCUT2D eigenvalue weighted by Crippen LogP contribution is -2.62. The summed E-state index contributed by atoms with van der Waals surface area (Å²) in [7, 11) is 0. The second kappa shape index (κ2) is 6.61. The van der Waals surface area contributed by atoms with Crippen LogP contribution in [0, 0.1) is 28.6 Å². The van der Waals surface area contributed by atoms with E-state index >= 15 is 0 Å². The van der Waals surface area contributed by atoms with Crippen molar-refractivity contribution in [1.82, 2.24) is 0 Å². The van der Waals surface area contributed by atoms with E-state index in [1.807, 2.05) is 13.0 Å². The number of carbonyl (C=O) groups excluding carboxylic acids is 3. The SMILES string of the molecule is CC(=O)O[C@]1(C(=O)CO)CC[C@H]2[C@@H]3CCC4=CC(=O)C=C[C@]4(C)[C@H]3[C@@H](O)C[C@@]21C. The number of aliphatic hydroxyl groups excluding tert-OH is 2. The van der Waals surface area contributed by atoms with E-state index < -0.39 is 35.5 Å². The fraction of sp³-hybridized carbons (Fsp3) is 0.696. The summed E-state index contributed by atoms with van der Waals surface area (Å²) in [4.78, 5) is 36.7. The number of aliphatic hydroxyl groups is 2. The van der Waals surface area contributed by atoms with Crippen LogP contribution in [0.2, 0.25) is 0 Å². The fourth-order valence-corrected chi connectivity index (χ4v) is 7.37. The standard InChI is InChI=1S/C23H30O6/c1-13(25)29-23(19(28)12-24)9-7-17-16-5-4-14-10-15(26)6-8-21(14,2)20(16)18(27)11-22(17,23)3/h6,8,10,16-18,20,24,27H,4-5,7,9,11-12H2,1-3H3/t16-,17-,18-,20+,21-,22-,23-/m0/s1. The molecule has 0 bridgehead atoms. The van der Waals surface area contributed by atoms with Crippen molar-refractivity contribution in [2.24, 2.45) is 28.6 Å². The highest BCUT2D eigenvalue weighted by molar-refractivity contribution is 6.01. The van der Waals surface area contributed by atoms with Crippen LogP contribution in [0.15, 0.2) is 23.8 Å². The Balaban J connectivity index is 1.77. The molecule has 0 aliphatic heterocycles. The van der Waals surface area contributed by atoms with Gasteiger partial charge < -0.3 is 14.9 Å². The average Bonchev–Trinajstić information content (AvgIpc) is 2.93. The van der Waals surface area contributed by atoms with Gasteiger partial charge in [0.1, 0.15) is 6.61 Å². The van der Waals surface area contributed by atoms with Gasteiger partial charge in [-0.15, -0.1) is 0 Å². The zero-order chi connectivity index (χ0) is 21.2. The van der Waals surface area contributed by atoms with Crippen LogP contribution in [0.1, 0.15) is 52.9 Å². The minimum atomic E-state index is -1.39. The third-order valence-electron chi connectivity index (χ3n) is 8.53. The number of ether oxygens (including phenoxy) is 1. The molecular weight excluding hydrogens is 372 g/mol. The number of Topliss-reactive ketones (excluding diaryl/α,β-unsaturated/α-hetero) is 1. The predicted molar refractivity (Wildman–Crippen MR) is 105 cm³/mol. The van der Waals surface area contributed by atoms with Gasteiger partial charge in [0, 0.05) is 23.7 Å². The fourth-order valence-electron chi connectivity index (χ4n) is 7.37. The summed E-state index contributed by atoms with van der Waals surface area (Å²) in [6.45, 7) is 4.63. The van der Waals surface area contributed by atoms with Gasteiger partial charge in [0.05, 0.1) is 6.10 Å². The molecule has 0 aromatic rings. The molecule has 158 valence electrons. The topological polar surface area (TPSA) is 101 Å². The summed E-state index contributed by atoms with van der Waals surface area (Å²) in [6, 6.07) is 0. The zero-order valence-corrected chi connectivity index (χ0v) is 17.3. The largest absolute Gasteiger partial charge is 0.451 e. The molecule has 29 heavy (non-hydrogen) atoms. The first kappa shape index (κ1) is 20.5. The van der Waals surface area contributed by atoms with Crippen LogP contribution in [-0.2, 0) is 19.1 Å². The van der Waals surface area contributed by atoms with Crippen LogP contribution < -0.4 is 0 Å². The van der Waals surface area contributed by atoms with Crippen molar-refractivity contribution < 1.29 is 29.3 Å². The number of fused-ring (bicyclic) bond motifs is 5. The van der Waals surface area contributed by atoms with Crippen LogP contribution in [0.5, 0.6) is 0 Å². The van der Waals surface area contributed by atoms with E-state index in [1.54, 1.807) is 12.2 Å². The Morgan fingerprint density at radius 2 is 2.00 bits per heavy atom. The normalized spacial score (nSPS) is 45.7. The predicted octanol–water partition coefficient (Wildman–Crippen LogP) is 2.13. The minimum Gasteiger partial charge on any atom is -0.451 e. The molecule has 4 aliphatic rings. The molecule has 2 N–H and O–H groups in total. The molecule has 0 spiro atoms. The molecule has 4 aliphatic carbocycles. The van der Waals surface area contributed by atoms with Crippen LogP contribution >= 0.6 is 0 Å². The summed E-state index contributed by atoms with van der Waals surface area (Å²) >= 11 is 0. The first-order valence-corrected chi connectivity index (χ1v) is 10.5. The maximum Gasteiger partial charge on any atom is 0.303 e. The van der Waals surface area contributed by atoms with Crippen molar-refractivity contribution in [2.45, 2.75) is 64.6 Å². The summed E-state index contributed by atoms with van der Waals surface area (Å²) in [6.07, 6.45) is 7.56. The van der Waals surface area contributed by atoms with Crippen molar-refractivity contribution >= 4 is 17.5 Å². The highest BCUT2D eigenvalue weighted by Crippen LogP contribution is 2.67. The number of allylic oxidation sites excluding steroid dienone is 4.